The molecule has 0 aromatic carbocycles. The summed E-state index contributed by atoms with van der Waals surface area (Å²) in [4.78, 5) is 37.3. The van der Waals surface area contributed by atoms with Crippen molar-refractivity contribution in [3.05, 3.63) is 60.8 Å². The molecule has 0 aliphatic heterocycles. The summed E-state index contributed by atoms with van der Waals surface area (Å²) in [5, 5.41) is 11.8. The zero-order valence-corrected chi connectivity index (χ0v) is 48.3. The van der Waals surface area contributed by atoms with Crippen molar-refractivity contribution in [2.75, 3.05) is 47.5 Å². The third kappa shape index (κ3) is 56.6. The summed E-state index contributed by atoms with van der Waals surface area (Å²) >= 11 is 0. The summed E-state index contributed by atoms with van der Waals surface area (Å²) < 4.78 is 22.7. The van der Waals surface area contributed by atoms with E-state index >= 15 is 0 Å². The predicted octanol–water partition coefficient (Wildman–Crippen LogP) is 16.7. The Labute approximate surface area is 450 Å². The normalized spacial score (nSPS) is 13.2. The number of carbonyl (C=O) groups excluding carboxylic acids is 3. The first-order valence-corrected chi connectivity index (χ1v) is 30.4. The summed E-state index contributed by atoms with van der Waals surface area (Å²) in [6.07, 6.45) is 67.0. The Morgan fingerprint density at radius 2 is 0.740 bits per heavy atom. The number of aliphatic carboxylic acids is 1. The molecular formula is C64H115NO8. The van der Waals surface area contributed by atoms with Crippen molar-refractivity contribution in [1.82, 2.24) is 0 Å². The van der Waals surface area contributed by atoms with E-state index in [2.05, 4.69) is 74.6 Å². The summed E-state index contributed by atoms with van der Waals surface area (Å²) in [7, 11) is 5.92. The van der Waals surface area contributed by atoms with Gasteiger partial charge in [-0.2, -0.15) is 0 Å². The molecule has 0 aliphatic rings. The maximum atomic E-state index is 12.9. The molecule has 0 radical (unpaired) electrons. The highest BCUT2D eigenvalue weighted by atomic mass is 16.7. The number of esters is 2. The van der Waals surface area contributed by atoms with Gasteiger partial charge in [0.1, 0.15) is 13.2 Å². The molecule has 0 aliphatic carbocycles. The molecule has 0 spiro atoms. The minimum atomic E-state index is -1.63. The number of carboxylic acids is 1. The molecule has 9 nitrogen and oxygen atoms in total. The standard InChI is InChI=1S/C64H115NO8/c1-6-8-10-12-14-16-18-20-22-24-26-27-28-29-30-31-32-33-34-35-37-38-40-42-44-46-48-50-52-54-61(66)71-58-60(59-72-64(63(68)69)70-57-56-65(3,4)5)73-62(67)55-53-51-49-47-45-43-41-39-36-25-23-21-19-17-15-13-11-9-7-2/h15,17-18,20-21,23-24,26,36,39,60,64H,6-14,16,19,22,25,27-35,37-38,40-59H2,1-5H3/b17-15-,20-18-,23-21-,26-24-,39-36-. The molecule has 0 bridgehead atoms. The number of hydrogen-bond donors (Lipinski definition) is 0. The molecule has 0 heterocycles. The molecule has 0 saturated heterocycles. The van der Waals surface area contributed by atoms with Gasteiger partial charge in [-0.15, -0.1) is 0 Å². The lowest BCUT2D eigenvalue weighted by Gasteiger charge is -2.26. The fraction of sp³-hybridized carbons (Fsp3) is 0.797. The second kappa shape index (κ2) is 55.2. The quantitative estimate of drug-likeness (QED) is 0.0195. The summed E-state index contributed by atoms with van der Waals surface area (Å²) in [6, 6.07) is 0. The van der Waals surface area contributed by atoms with Gasteiger partial charge in [0, 0.05) is 12.8 Å². The van der Waals surface area contributed by atoms with Crippen LogP contribution in [0.25, 0.3) is 0 Å². The minimum Gasteiger partial charge on any atom is -0.545 e. The van der Waals surface area contributed by atoms with Crippen LogP contribution in [0.5, 0.6) is 0 Å². The van der Waals surface area contributed by atoms with Crippen molar-refractivity contribution >= 4 is 17.9 Å². The predicted molar refractivity (Wildman–Crippen MR) is 306 cm³/mol. The van der Waals surface area contributed by atoms with E-state index in [-0.39, 0.29) is 38.6 Å². The smallest absolute Gasteiger partial charge is 0.306 e. The van der Waals surface area contributed by atoms with Gasteiger partial charge in [-0.05, 0) is 83.5 Å². The number of likely N-dealkylation sites (N-methyl/N-ethyl adjacent to an activating group) is 1. The minimum absolute atomic E-state index is 0.144. The van der Waals surface area contributed by atoms with E-state index < -0.39 is 24.3 Å². The summed E-state index contributed by atoms with van der Waals surface area (Å²) in [6.45, 7) is 4.72. The van der Waals surface area contributed by atoms with Gasteiger partial charge in [0.25, 0.3) is 0 Å². The van der Waals surface area contributed by atoms with Crippen LogP contribution in [0.3, 0.4) is 0 Å². The van der Waals surface area contributed by atoms with Crippen LogP contribution in [0.1, 0.15) is 271 Å². The van der Waals surface area contributed by atoms with E-state index in [1.54, 1.807) is 0 Å². The lowest BCUT2D eigenvalue weighted by Crippen LogP contribution is -2.44. The Morgan fingerprint density at radius 1 is 0.411 bits per heavy atom. The highest BCUT2D eigenvalue weighted by Crippen LogP contribution is 2.16. The number of quaternary nitrogens is 1. The van der Waals surface area contributed by atoms with Crippen LogP contribution in [0.4, 0.5) is 0 Å². The first kappa shape index (κ1) is 70.0. The van der Waals surface area contributed by atoms with Crippen LogP contribution in [0.2, 0.25) is 0 Å². The molecule has 0 fully saturated rings. The number of unbranched alkanes of at least 4 members (excludes halogenated alkanes) is 31. The second-order valence-corrected chi connectivity index (χ2v) is 21.6. The number of carboxylic acid groups (broad SMARTS) is 1. The molecule has 9 heteroatoms. The molecule has 0 rings (SSSR count). The topological polar surface area (TPSA) is 111 Å². The van der Waals surface area contributed by atoms with Crippen molar-refractivity contribution in [2.45, 2.75) is 283 Å². The molecule has 2 unspecified atom stereocenters. The number of ether oxygens (including phenoxy) is 4. The van der Waals surface area contributed by atoms with Gasteiger partial charge in [-0.25, -0.2) is 0 Å². The van der Waals surface area contributed by atoms with E-state index in [1.807, 2.05) is 21.1 Å². The average molecular weight is 1030 g/mol. The monoisotopic (exact) mass is 1030 g/mol. The van der Waals surface area contributed by atoms with Crippen molar-refractivity contribution in [2.24, 2.45) is 0 Å². The van der Waals surface area contributed by atoms with Crippen LogP contribution in [0, 0.1) is 0 Å². The van der Waals surface area contributed by atoms with E-state index in [9.17, 15) is 19.5 Å². The van der Waals surface area contributed by atoms with E-state index in [1.165, 1.54) is 161 Å². The van der Waals surface area contributed by atoms with Gasteiger partial charge >= 0.3 is 11.9 Å². The van der Waals surface area contributed by atoms with Crippen LogP contribution in [0.15, 0.2) is 60.8 Å². The van der Waals surface area contributed by atoms with Gasteiger partial charge in [0.2, 0.25) is 0 Å². The van der Waals surface area contributed by atoms with E-state index in [0.717, 1.165) is 77.0 Å². The zero-order chi connectivity index (χ0) is 53.4. The Balaban J connectivity index is 4.17. The number of allylic oxidation sites excluding steroid dienone is 10. The van der Waals surface area contributed by atoms with Crippen LogP contribution >= 0.6 is 0 Å². The number of hydrogen-bond acceptors (Lipinski definition) is 8. The largest absolute Gasteiger partial charge is 0.545 e. The maximum Gasteiger partial charge on any atom is 0.306 e. The fourth-order valence-corrected chi connectivity index (χ4v) is 8.52. The molecule has 0 N–H and O–H groups in total. The molecule has 0 saturated carbocycles. The third-order valence-corrected chi connectivity index (χ3v) is 13.2. The highest BCUT2D eigenvalue weighted by molar-refractivity contribution is 5.70. The molecule has 0 aromatic rings. The van der Waals surface area contributed by atoms with Gasteiger partial charge in [-0.1, -0.05) is 235 Å². The number of nitrogens with zero attached hydrogens (tertiary/aromatic N) is 1. The zero-order valence-electron chi connectivity index (χ0n) is 48.3. The average Bonchev–Trinajstić information content (AvgIpc) is 3.36. The fourth-order valence-electron chi connectivity index (χ4n) is 8.52. The maximum absolute atomic E-state index is 12.9. The first-order chi connectivity index (χ1) is 35.6. The molecule has 0 aromatic heterocycles. The number of rotatable bonds is 56. The Hall–Kier alpha value is -3.01. The van der Waals surface area contributed by atoms with Gasteiger partial charge < -0.3 is 33.3 Å². The van der Waals surface area contributed by atoms with Crippen LogP contribution < -0.4 is 5.11 Å². The SMILES string of the molecule is CCCCC/C=C\C/C=C\C/C=C\CCCCCCCCC(=O)OC(COC(=O)CCCCCCCCCCCCCCCCCCC/C=C\C/C=C\CCCCCCC)COC(OCC[N+](C)(C)C)C(=O)[O-]. The summed E-state index contributed by atoms with van der Waals surface area (Å²) in [5.74, 6) is -2.29. The lowest BCUT2D eigenvalue weighted by molar-refractivity contribution is -0.870. The molecule has 2 atom stereocenters. The van der Waals surface area contributed by atoms with Crippen molar-refractivity contribution < 1.29 is 42.9 Å². The van der Waals surface area contributed by atoms with Crippen molar-refractivity contribution in [1.29, 1.82) is 0 Å². The van der Waals surface area contributed by atoms with Gasteiger partial charge in [-0.3, -0.25) is 9.59 Å². The van der Waals surface area contributed by atoms with Crippen molar-refractivity contribution in [3.63, 3.8) is 0 Å². The molecular weight excluding hydrogens is 911 g/mol. The molecule has 424 valence electrons. The molecule has 0 amide bonds. The molecule has 73 heavy (non-hydrogen) atoms. The van der Waals surface area contributed by atoms with Gasteiger partial charge in [0.05, 0.1) is 40.3 Å². The highest BCUT2D eigenvalue weighted by Gasteiger charge is 2.22. The Kier molecular flexibility index (Phi) is 53.0. The number of carbonyl (C=O) groups is 3. The Bertz CT molecular complexity index is 1380. The van der Waals surface area contributed by atoms with Gasteiger partial charge in [0.15, 0.2) is 12.4 Å². The third-order valence-electron chi connectivity index (χ3n) is 13.2. The Morgan fingerprint density at radius 3 is 1.12 bits per heavy atom. The first-order valence-electron chi connectivity index (χ1n) is 30.4. The van der Waals surface area contributed by atoms with Crippen LogP contribution in [-0.4, -0.2) is 82.3 Å². The van der Waals surface area contributed by atoms with E-state index in [0.29, 0.717) is 17.4 Å². The van der Waals surface area contributed by atoms with Crippen LogP contribution in [-0.2, 0) is 33.3 Å². The second-order valence-electron chi connectivity index (χ2n) is 21.6. The lowest BCUT2D eigenvalue weighted by atomic mass is 10.0. The van der Waals surface area contributed by atoms with E-state index in [4.69, 9.17) is 18.9 Å². The summed E-state index contributed by atoms with van der Waals surface area (Å²) in [5.41, 5.74) is 0. The van der Waals surface area contributed by atoms with Crippen molar-refractivity contribution in [3.8, 4) is 0 Å².